The van der Waals surface area contributed by atoms with Crippen molar-refractivity contribution in [3.8, 4) is 0 Å². The van der Waals surface area contributed by atoms with Crippen LogP contribution in [0.1, 0.15) is 44.6 Å². The van der Waals surface area contributed by atoms with Crippen LogP contribution in [-0.2, 0) is 18.4 Å². The Hall–Kier alpha value is -1.36. The van der Waals surface area contributed by atoms with E-state index in [-0.39, 0.29) is 11.9 Å². The third kappa shape index (κ3) is 3.12. The van der Waals surface area contributed by atoms with Crippen molar-refractivity contribution in [2.75, 3.05) is 6.54 Å². The van der Waals surface area contributed by atoms with Gasteiger partial charge in [-0.15, -0.1) is 0 Å². The lowest BCUT2D eigenvalue weighted by molar-refractivity contribution is -0.133. The molecule has 3 unspecified atom stereocenters. The van der Waals surface area contributed by atoms with Gasteiger partial charge in [0, 0.05) is 37.9 Å². The van der Waals surface area contributed by atoms with Gasteiger partial charge in [-0.05, 0) is 32.1 Å². The summed E-state index contributed by atoms with van der Waals surface area (Å²) < 4.78 is 1.79. The summed E-state index contributed by atoms with van der Waals surface area (Å²) in [5.41, 5.74) is 1.10. The number of amides is 1. The van der Waals surface area contributed by atoms with Crippen LogP contribution < -0.4 is 5.32 Å². The van der Waals surface area contributed by atoms with E-state index in [1.54, 1.807) is 4.68 Å². The van der Waals surface area contributed by atoms with Crippen molar-refractivity contribution < 1.29 is 4.79 Å². The highest BCUT2D eigenvalue weighted by atomic mass is 16.2. The molecule has 2 heterocycles. The monoisotopic (exact) mass is 290 g/mol. The van der Waals surface area contributed by atoms with Gasteiger partial charge in [0.2, 0.25) is 5.91 Å². The first kappa shape index (κ1) is 14.6. The normalized spacial score (nSPS) is 28.4. The number of nitrogens with zero attached hydrogens (tertiary/aromatic N) is 3. The van der Waals surface area contributed by atoms with Crippen molar-refractivity contribution in [3.63, 3.8) is 0 Å². The number of hydrogen-bond acceptors (Lipinski definition) is 3. The Morgan fingerprint density at radius 2 is 2.29 bits per heavy atom. The minimum Gasteiger partial charge on any atom is -0.337 e. The number of carbonyl (C=O) groups excluding carboxylic acids is 1. The van der Waals surface area contributed by atoms with Gasteiger partial charge in [-0.2, -0.15) is 5.10 Å². The van der Waals surface area contributed by atoms with Crippen LogP contribution in [0.15, 0.2) is 12.4 Å². The average Bonchev–Trinajstić information content (AvgIpc) is 3.09. The van der Waals surface area contributed by atoms with Crippen LogP contribution in [0.3, 0.4) is 0 Å². The standard InChI is InChI=1S/C16H26N4O/c1-3-20(11-12-9-17-19(2)10-12)16(21)15-8-13-6-4-5-7-14(13)18-15/h9-10,13-15,18H,3-8,11H2,1-2H3. The Morgan fingerprint density at radius 3 is 2.95 bits per heavy atom. The molecule has 0 radical (unpaired) electrons. The lowest BCUT2D eigenvalue weighted by atomic mass is 9.85. The molecule has 1 aromatic rings. The van der Waals surface area contributed by atoms with Crippen LogP contribution in [-0.4, -0.2) is 39.2 Å². The molecule has 2 fully saturated rings. The largest absolute Gasteiger partial charge is 0.337 e. The van der Waals surface area contributed by atoms with Gasteiger partial charge in [-0.25, -0.2) is 0 Å². The summed E-state index contributed by atoms with van der Waals surface area (Å²) in [6, 6.07) is 0.597. The third-order valence-corrected chi connectivity index (χ3v) is 4.99. The molecule has 1 saturated heterocycles. The fraction of sp³-hybridized carbons (Fsp3) is 0.750. The second kappa shape index (κ2) is 6.18. The Kier molecular flexibility index (Phi) is 4.29. The summed E-state index contributed by atoms with van der Waals surface area (Å²) >= 11 is 0. The predicted molar refractivity (Wildman–Crippen MR) is 81.6 cm³/mol. The van der Waals surface area contributed by atoms with Gasteiger partial charge in [-0.1, -0.05) is 12.8 Å². The van der Waals surface area contributed by atoms with Crippen LogP contribution in [0.4, 0.5) is 0 Å². The Bertz CT molecular complexity index is 484. The predicted octanol–water partition coefficient (Wildman–Crippen LogP) is 1.69. The third-order valence-electron chi connectivity index (χ3n) is 4.99. The maximum atomic E-state index is 12.8. The molecule has 3 rings (SSSR count). The molecule has 0 aromatic carbocycles. The number of aromatic nitrogens is 2. The first-order valence-electron chi connectivity index (χ1n) is 8.19. The zero-order valence-electron chi connectivity index (χ0n) is 13.1. The SMILES string of the molecule is CCN(Cc1cnn(C)c1)C(=O)C1CC2CCCCC2N1. The van der Waals surface area contributed by atoms with Gasteiger partial charge >= 0.3 is 0 Å². The number of nitrogens with one attached hydrogen (secondary N) is 1. The molecule has 1 aromatic heterocycles. The van der Waals surface area contributed by atoms with Crippen LogP contribution in [0.5, 0.6) is 0 Å². The van der Waals surface area contributed by atoms with E-state index < -0.39 is 0 Å². The van der Waals surface area contributed by atoms with Crippen LogP contribution in [0.25, 0.3) is 0 Å². The Balaban J connectivity index is 1.62. The maximum Gasteiger partial charge on any atom is 0.240 e. The van der Waals surface area contributed by atoms with Gasteiger partial charge in [-0.3, -0.25) is 9.48 Å². The van der Waals surface area contributed by atoms with Crippen molar-refractivity contribution in [1.82, 2.24) is 20.0 Å². The number of aryl methyl sites for hydroxylation is 1. The minimum atomic E-state index is 0.0229. The molecule has 3 atom stereocenters. The number of likely N-dealkylation sites (N-methyl/N-ethyl adjacent to an activating group) is 1. The van der Waals surface area contributed by atoms with E-state index in [0.29, 0.717) is 18.5 Å². The molecule has 1 aliphatic heterocycles. The highest BCUT2D eigenvalue weighted by molar-refractivity contribution is 5.82. The van der Waals surface area contributed by atoms with E-state index >= 15 is 0 Å². The molecular weight excluding hydrogens is 264 g/mol. The van der Waals surface area contributed by atoms with Gasteiger partial charge in [0.1, 0.15) is 0 Å². The fourth-order valence-corrected chi connectivity index (χ4v) is 3.85. The summed E-state index contributed by atoms with van der Waals surface area (Å²) in [5, 5.41) is 7.77. The summed E-state index contributed by atoms with van der Waals surface area (Å²) in [4.78, 5) is 14.7. The summed E-state index contributed by atoms with van der Waals surface area (Å²) in [5.74, 6) is 0.973. The number of rotatable bonds is 4. The Labute approximate surface area is 126 Å². The molecule has 1 aliphatic carbocycles. The molecule has 21 heavy (non-hydrogen) atoms. The quantitative estimate of drug-likeness (QED) is 0.918. The van der Waals surface area contributed by atoms with Gasteiger partial charge in [0.05, 0.1) is 12.2 Å². The lowest BCUT2D eigenvalue weighted by Crippen LogP contribution is -2.45. The molecule has 0 bridgehead atoms. The average molecular weight is 290 g/mol. The molecule has 5 nitrogen and oxygen atoms in total. The van der Waals surface area contributed by atoms with Crippen LogP contribution in [0, 0.1) is 5.92 Å². The minimum absolute atomic E-state index is 0.0229. The zero-order chi connectivity index (χ0) is 14.8. The van der Waals surface area contributed by atoms with Crippen molar-refractivity contribution in [1.29, 1.82) is 0 Å². The molecular formula is C16H26N4O. The second-order valence-corrected chi connectivity index (χ2v) is 6.48. The Morgan fingerprint density at radius 1 is 1.48 bits per heavy atom. The molecule has 1 saturated carbocycles. The number of carbonyl (C=O) groups is 1. The first-order chi connectivity index (χ1) is 10.2. The van der Waals surface area contributed by atoms with E-state index in [1.807, 2.05) is 24.3 Å². The first-order valence-corrected chi connectivity index (χ1v) is 8.19. The van der Waals surface area contributed by atoms with E-state index in [1.165, 1.54) is 25.7 Å². The van der Waals surface area contributed by atoms with Gasteiger partial charge < -0.3 is 10.2 Å². The number of fused-ring (bicyclic) bond motifs is 1. The van der Waals surface area contributed by atoms with Crippen LogP contribution >= 0.6 is 0 Å². The number of hydrogen-bond donors (Lipinski definition) is 1. The highest BCUT2D eigenvalue weighted by Crippen LogP contribution is 2.33. The summed E-state index contributed by atoms with van der Waals surface area (Å²) in [7, 11) is 1.91. The van der Waals surface area contributed by atoms with Crippen molar-refractivity contribution in [2.24, 2.45) is 13.0 Å². The molecule has 0 spiro atoms. The second-order valence-electron chi connectivity index (χ2n) is 6.48. The van der Waals surface area contributed by atoms with Gasteiger partial charge in [0.25, 0.3) is 0 Å². The summed E-state index contributed by atoms with van der Waals surface area (Å²) in [6.07, 6.45) is 10.0. The molecule has 2 aliphatic rings. The molecule has 1 amide bonds. The zero-order valence-corrected chi connectivity index (χ0v) is 13.1. The smallest absolute Gasteiger partial charge is 0.240 e. The van der Waals surface area contributed by atoms with Crippen molar-refractivity contribution in [2.45, 2.75) is 57.7 Å². The maximum absolute atomic E-state index is 12.8. The summed E-state index contributed by atoms with van der Waals surface area (Å²) in [6.45, 7) is 3.47. The van der Waals surface area contributed by atoms with Gasteiger partial charge in [0.15, 0.2) is 0 Å². The topological polar surface area (TPSA) is 50.2 Å². The molecule has 116 valence electrons. The van der Waals surface area contributed by atoms with Crippen molar-refractivity contribution >= 4 is 5.91 Å². The fourth-order valence-electron chi connectivity index (χ4n) is 3.85. The highest BCUT2D eigenvalue weighted by Gasteiger charge is 2.39. The van der Waals surface area contributed by atoms with E-state index in [9.17, 15) is 4.79 Å². The van der Waals surface area contributed by atoms with E-state index in [4.69, 9.17) is 0 Å². The lowest BCUT2D eigenvalue weighted by Gasteiger charge is -2.25. The van der Waals surface area contributed by atoms with E-state index in [0.717, 1.165) is 18.5 Å². The molecule has 1 N–H and O–H groups in total. The van der Waals surface area contributed by atoms with Crippen molar-refractivity contribution in [3.05, 3.63) is 18.0 Å². The van der Waals surface area contributed by atoms with E-state index in [2.05, 4.69) is 17.3 Å². The molecule has 5 heteroatoms. The van der Waals surface area contributed by atoms with Crippen LogP contribution in [0.2, 0.25) is 0 Å².